The highest BCUT2D eigenvalue weighted by Gasteiger charge is 2.31. The predicted octanol–water partition coefficient (Wildman–Crippen LogP) is 8.80. The molecule has 0 saturated carbocycles. The number of carbonyl (C=O) groups is 2. The number of β-amino-alcohol motifs (C(OH)–C–C–N with tert-alkyl or cyclic N) is 1. The summed E-state index contributed by atoms with van der Waals surface area (Å²) in [7, 11) is 3.71. The third kappa shape index (κ3) is 15.0. The van der Waals surface area contributed by atoms with E-state index in [1.807, 2.05) is 86.2 Å². The minimum atomic E-state index is -0.456. The standard InChI is InChI=1S/C29H36N8O3.C26H30N8O2.C3H6O/c1-18(38)15-37-11-9-19(13-25(39)26-34-35-27(40-26)29(2,3)4)23-7-6-20(12-21(23)16-37)24-8-10-30-28(33-24)32-22-14-31-36(5)17-22;1-26(2,3)24-33-32-23(36-24)22(35)12-16-7-9-27-13-18-11-17(5-6-20(16)18)21-8-10-28-25(31-21)30-19-14-29-34(4)15-19;1-3-2-4-3/h6-8,10,12,14,17-19,38H,9,11,13,15-16H2,1-5H3,(H,30,32,33);5-6,8,10-11,14-16,27H,7,9,12-13H2,1-4H3,(H,28,30,31);3H,2H2,1H3/t18-,19-;16-;3-/m000/s1. The van der Waals surface area contributed by atoms with E-state index in [9.17, 15) is 14.7 Å². The maximum atomic E-state index is 13.2. The second-order valence-corrected chi connectivity index (χ2v) is 22.9. The van der Waals surface area contributed by atoms with Crippen LogP contribution in [0.4, 0.5) is 23.3 Å². The molecule has 1 saturated heterocycles. The van der Waals surface area contributed by atoms with E-state index < -0.39 is 6.10 Å². The van der Waals surface area contributed by atoms with Gasteiger partial charge in [-0.15, -0.1) is 20.4 Å². The lowest BCUT2D eigenvalue weighted by atomic mass is 9.87. The van der Waals surface area contributed by atoms with Crippen molar-refractivity contribution in [3.8, 4) is 22.5 Å². The average Bonchev–Trinajstić information content (AvgIpc) is 3.85. The van der Waals surface area contributed by atoms with E-state index >= 15 is 0 Å². The van der Waals surface area contributed by atoms with Gasteiger partial charge in [0.15, 0.2) is 0 Å². The van der Waals surface area contributed by atoms with Crippen LogP contribution in [0.1, 0.15) is 148 Å². The maximum Gasteiger partial charge on any atom is 0.284 e. The molecule has 22 heteroatoms. The van der Waals surface area contributed by atoms with Gasteiger partial charge < -0.3 is 34.6 Å². The number of ketones is 2. The molecule has 0 bridgehead atoms. The zero-order chi connectivity index (χ0) is 56.7. The van der Waals surface area contributed by atoms with Gasteiger partial charge in [0.1, 0.15) is 0 Å². The van der Waals surface area contributed by atoms with Crippen molar-refractivity contribution in [3.63, 3.8) is 0 Å². The summed E-state index contributed by atoms with van der Waals surface area (Å²) in [6, 6.07) is 16.4. The second-order valence-electron chi connectivity index (χ2n) is 22.9. The second kappa shape index (κ2) is 24.6. The van der Waals surface area contributed by atoms with Crippen molar-refractivity contribution in [2.45, 2.75) is 129 Å². The topological polar surface area (TPSA) is 271 Å². The molecule has 6 aromatic heterocycles. The van der Waals surface area contributed by atoms with Crippen LogP contribution in [0.2, 0.25) is 0 Å². The highest BCUT2D eigenvalue weighted by Crippen LogP contribution is 2.36. The van der Waals surface area contributed by atoms with Gasteiger partial charge in [0.25, 0.3) is 11.8 Å². The van der Waals surface area contributed by atoms with Crippen LogP contribution in [0.3, 0.4) is 0 Å². The van der Waals surface area contributed by atoms with E-state index in [4.69, 9.17) is 18.6 Å². The minimum Gasteiger partial charge on any atom is -0.418 e. The van der Waals surface area contributed by atoms with E-state index in [0.717, 1.165) is 95.2 Å². The van der Waals surface area contributed by atoms with Crippen molar-refractivity contribution < 1.29 is 28.3 Å². The number of ether oxygens (including phenoxy) is 1. The largest absolute Gasteiger partial charge is 0.418 e. The van der Waals surface area contributed by atoms with Crippen LogP contribution in [-0.2, 0) is 42.8 Å². The van der Waals surface area contributed by atoms with Gasteiger partial charge in [-0.1, -0.05) is 65.8 Å². The van der Waals surface area contributed by atoms with E-state index in [0.29, 0.717) is 49.3 Å². The molecule has 1 fully saturated rings. The molecule has 0 unspecified atom stereocenters. The van der Waals surface area contributed by atoms with Crippen LogP contribution < -0.4 is 16.0 Å². The molecule has 0 amide bonds. The monoisotopic (exact) mass is 1090 g/mol. The van der Waals surface area contributed by atoms with Gasteiger partial charge in [-0.25, -0.2) is 19.9 Å². The number of aryl methyl sites for hydroxylation is 2. The molecule has 9 heterocycles. The zero-order valence-electron chi connectivity index (χ0n) is 47.3. The third-order valence-corrected chi connectivity index (χ3v) is 13.7. The highest BCUT2D eigenvalue weighted by molar-refractivity contribution is 5.92. The Hall–Kier alpha value is -7.92. The maximum absolute atomic E-state index is 13.2. The summed E-state index contributed by atoms with van der Waals surface area (Å²) in [6.45, 7) is 20.2. The van der Waals surface area contributed by atoms with E-state index in [1.54, 1.807) is 41.1 Å². The van der Waals surface area contributed by atoms with Crippen molar-refractivity contribution >= 4 is 34.8 Å². The zero-order valence-corrected chi connectivity index (χ0v) is 47.3. The minimum absolute atomic E-state index is 0.0197. The number of nitrogens with one attached hydrogen (secondary N) is 3. The Balaban J connectivity index is 0.000000181. The quantitative estimate of drug-likeness (QED) is 0.0585. The van der Waals surface area contributed by atoms with Gasteiger partial charge in [-0.05, 0) is 98.1 Å². The van der Waals surface area contributed by atoms with Gasteiger partial charge in [-0.3, -0.25) is 23.9 Å². The van der Waals surface area contributed by atoms with E-state index in [1.165, 1.54) is 0 Å². The molecule has 2 aromatic carbocycles. The normalized spacial score (nSPS) is 17.5. The lowest BCUT2D eigenvalue weighted by Gasteiger charge is -2.22. The number of epoxide rings is 1. The number of aliphatic hydroxyl groups excluding tert-OH is 1. The Morgan fingerprint density at radius 3 is 1.66 bits per heavy atom. The summed E-state index contributed by atoms with van der Waals surface area (Å²) >= 11 is 0. The number of hydrogen-bond donors (Lipinski definition) is 4. The summed E-state index contributed by atoms with van der Waals surface area (Å²) in [4.78, 5) is 46.6. The first-order chi connectivity index (χ1) is 38.2. The van der Waals surface area contributed by atoms with E-state index in [2.05, 4.69) is 104 Å². The average molecular weight is 1090 g/mol. The number of carbonyl (C=O) groups excluding carboxylic acids is 2. The van der Waals surface area contributed by atoms with Gasteiger partial charge in [0.2, 0.25) is 35.2 Å². The summed E-state index contributed by atoms with van der Waals surface area (Å²) in [5.41, 5.74) is 9.08. The number of nitrogens with zero attached hydrogens (tertiary/aromatic N) is 13. The molecule has 11 rings (SSSR count). The predicted molar refractivity (Wildman–Crippen MR) is 301 cm³/mol. The van der Waals surface area contributed by atoms with Gasteiger partial charge >= 0.3 is 0 Å². The lowest BCUT2D eigenvalue weighted by molar-refractivity contribution is 0.0925. The first-order valence-electron chi connectivity index (χ1n) is 27.1. The van der Waals surface area contributed by atoms with Crippen LogP contribution in [0.25, 0.3) is 22.5 Å². The number of Topliss-reactive ketones (excluding diaryl/α,β-unsaturated/α-hetero) is 2. The summed E-state index contributed by atoms with van der Waals surface area (Å²) in [5, 5.41) is 44.5. The first kappa shape index (κ1) is 56.8. The Kier molecular flexibility index (Phi) is 17.5. The first-order valence-corrected chi connectivity index (χ1v) is 27.1. The molecule has 80 heavy (non-hydrogen) atoms. The molecular formula is C58H72N16O6. The molecule has 0 radical (unpaired) electrons. The van der Waals surface area contributed by atoms with Crippen LogP contribution in [0.5, 0.6) is 0 Å². The third-order valence-electron chi connectivity index (χ3n) is 13.7. The molecule has 4 atom stereocenters. The van der Waals surface area contributed by atoms with Crippen molar-refractivity contribution in [1.82, 2.24) is 70.1 Å². The Bertz CT molecular complexity index is 3400. The molecule has 3 aliphatic rings. The highest BCUT2D eigenvalue weighted by atomic mass is 16.6. The number of fused-ring (bicyclic) bond motifs is 2. The fourth-order valence-corrected chi connectivity index (χ4v) is 9.42. The van der Waals surface area contributed by atoms with Crippen molar-refractivity contribution in [1.29, 1.82) is 0 Å². The molecule has 420 valence electrons. The molecule has 3 aliphatic heterocycles. The lowest BCUT2D eigenvalue weighted by Crippen LogP contribution is -2.30. The number of aliphatic hydroxyl groups is 1. The van der Waals surface area contributed by atoms with Gasteiger partial charge in [0, 0.05) is 93.3 Å². The molecule has 0 aliphatic carbocycles. The Morgan fingerprint density at radius 2 is 1.21 bits per heavy atom. The SMILES string of the molecule is C[C@H](O)CN1CC[C@@H](CC(=O)c2nnc(C(C)(C)C)o2)c2ccc(-c3ccnc(Nc4cnn(C)c4)n3)cc2C1.C[C@H]1CO1.Cn1cc(Nc2nccc(-c3ccc4c(c3)CNCC[C@H]4CC(=O)c3nnc(C(C)(C)C)o3)n2)cn1. The van der Waals surface area contributed by atoms with Crippen LogP contribution in [0.15, 0.2) is 94.5 Å². The fraction of sp³-hybridized carbons (Fsp3) is 0.448. The molecule has 22 nitrogen and oxygen atoms in total. The van der Waals surface area contributed by atoms with Gasteiger partial charge in [-0.2, -0.15) is 10.2 Å². The van der Waals surface area contributed by atoms with Crippen molar-refractivity contribution in [2.75, 3.05) is 36.9 Å². The number of anilines is 4. The Labute approximate surface area is 465 Å². The number of rotatable bonds is 14. The number of aromatic nitrogens is 12. The Morgan fingerprint density at radius 1 is 0.725 bits per heavy atom. The van der Waals surface area contributed by atoms with Crippen molar-refractivity contribution in [2.24, 2.45) is 14.1 Å². The molecule has 4 N–H and O–H groups in total. The van der Waals surface area contributed by atoms with Crippen molar-refractivity contribution in [3.05, 3.63) is 132 Å². The van der Waals surface area contributed by atoms with E-state index in [-0.39, 0.29) is 52.4 Å². The molecule has 8 aromatic rings. The smallest absolute Gasteiger partial charge is 0.284 e. The van der Waals surface area contributed by atoms with Crippen LogP contribution >= 0.6 is 0 Å². The molecule has 0 spiro atoms. The van der Waals surface area contributed by atoms with Gasteiger partial charge in [0.05, 0.1) is 54.0 Å². The number of hydrogen-bond acceptors (Lipinski definition) is 20. The molecular weight excluding hydrogens is 1020 g/mol. The van der Waals surface area contributed by atoms with Crippen LogP contribution in [-0.4, -0.2) is 120 Å². The van der Waals surface area contributed by atoms with Crippen LogP contribution in [0, 0.1) is 0 Å². The fourth-order valence-electron chi connectivity index (χ4n) is 9.42. The summed E-state index contributed by atoms with van der Waals surface area (Å²) in [6.07, 6.45) is 13.0. The summed E-state index contributed by atoms with van der Waals surface area (Å²) in [5.74, 6) is 1.82. The summed E-state index contributed by atoms with van der Waals surface area (Å²) < 4.78 is 19.6. The number of benzene rings is 2.